The molecule has 0 radical (unpaired) electrons. The standard InChI is InChI=1S/C17H14ClF2N3O2S/c1-17(25,10-4-5-26-8-10)9-21-13-7-22-23(16(24)15(13)18)14-3-2-11(19)6-12(14)20/h2-8,21,25H,9H2,1H3. The molecule has 3 aromatic rings. The van der Waals surface area contributed by atoms with Crippen molar-refractivity contribution in [3.05, 3.63) is 73.8 Å². The number of rotatable bonds is 5. The highest BCUT2D eigenvalue weighted by atomic mass is 35.5. The van der Waals surface area contributed by atoms with Crippen LogP contribution in [0.1, 0.15) is 12.5 Å². The summed E-state index contributed by atoms with van der Waals surface area (Å²) >= 11 is 7.53. The van der Waals surface area contributed by atoms with Gasteiger partial charge in [0.2, 0.25) is 0 Å². The Kier molecular flexibility index (Phi) is 5.08. The molecular weight excluding hydrogens is 384 g/mol. The summed E-state index contributed by atoms with van der Waals surface area (Å²) in [7, 11) is 0. The number of thiophene rings is 1. The van der Waals surface area contributed by atoms with Crippen molar-refractivity contribution in [3.63, 3.8) is 0 Å². The van der Waals surface area contributed by atoms with Gasteiger partial charge in [-0.15, -0.1) is 0 Å². The van der Waals surface area contributed by atoms with Gasteiger partial charge in [0.1, 0.15) is 22.1 Å². The lowest BCUT2D eigenvalue weighted by Gasteiger charge is -2.23. The lowest BCUT2D eigenvalue weighted by atomic mass is 9.99. The topological polar surface area (TPSA) is 67.2 Å². The fourth-order valence-electron chi connectivity index (χ4n) is 2.32. The van der Waals surface area contributed by atoms with Crippen LogP contribution in [0, 0.1) is 11.6 Å². The molecule has 1 unspecified atom stereocenters. The van der Waals surface area contributed by atoms with Gasteiger partial charge >= 0.3 is 0 Å². The van der Waals surface area contributed by atoms with Crippen LogP contribution in [0.3, 0.4) is 0 Å². The van der Waals surface area contributed by atoms with E-state index in [1.54, 1.807) is 13.0 Å². The lowest BCUT2D eigenvalue weighted by Crippen LogP contribution is -2.31. The van der Waals surface area contributed by atoms with E-state index in [-0.39, 0.29) is 22.9 Å². The van der Waals surface area contributed by atoms with E-state index in [2.05, 4.69) is 10.4 Å². The van der Waals surface area contributed by atoms with Crippen LogP contribution in [0.15, 0.2) is 46.0 Å². The molecule has 0 bridgehead atoms. The zero-order chi connectivity index (χ0) is 18.9. The van der Waals surface area contributed by atoms with E-state index in [1.165, 1.54) is 17.5 Å². The summed E-state index contributed by atoms with van der Waals surface area (Å²) in [5.74, 6) is -1.70. The Morgan fingerprint density at radius 1 is 1.38 bits per heavy atom. The number of hydrogen-bond acceptors (Lipinski definition) is 5. The monoisotopic (exact) mass is 397 g/mol. The predicted molar refractivity (Wildman–Crippen MR) is 97.1 cm³/mol. The summed E-state index contributed by atoms with van der Waals surface area (Å²) in [6.45, 7) is 1.71. The number of aromatic nitrogens is 2. The van der Waals surface area contributed by atoms with Gasteiger partial charge in [-0.25, -0.2) is 8.78 Å². The van der Waals surface area contributed by atoms with Gasteiger partial charge in [0, 0.05) is 12.6 Å². The predicted octanol–water partition coefficient (Wildman–Crippen LogP) is 3.55. The van der Waals surface area contributed by atoms with Crippen molar-refractivity contribution in [1.82, 2.24) is 9.78 Å². The van der Waals surface area contributed by atoms with Crippen molar-refractivity contribution >= 4 is 28.6 Å². The molecular formula is C17H14ClF2N3O2S. The average Bonchev–Trinajstić information content (AvgIpc) is 3.13. The SMILES string of the molecule is CC(O)(CNc1cnn(-c2ccc(F)cc2F)c(=O)c1Cl)c1ccsc1. The molecule has 0 fully saturated rings. The minimum Gasteiger partial charge on any atom is -0.384 e. The number of anilines is 1. The first kappa shape index (κ1) is 18.5. The van der Waals surface area contributed by atoms with Crippen molar-refractivity contribution in [2.75, 3.05) is 11.9 Å². The van der Waals surface area contributed by atoms with Gasteiger partial charge in [-0.3, -0.25) is 4.79 Å². The molecule has 2 N–H and O–H groups in total. The summed E-state index contributed by atoms with van der Waals surface area (Å²) in [5.41, 5.74) is -1.24. The highest BCUT2D eigenvalue weighted by molar-refractivity contribution is 7.08. The van der Waals surface area contributed by atoms with Gasteiger partial charge in [0.05, 0.1) is 11.9 Å². The van der Waals surface area contributed by atoms with Gasteiger partial charge < -0.3 is 10.4 Å². The quantitative estimate of drug-likeness (QED) is 0.691. The van der Waals surface area contributed by atoms with E-state index in [9.17, 15) is 18.7 Å². The van der Waals surface area contributed by atoms with E-state index in [0.29, 0.717) is 6.07 Å². The van der Waals surface area contributed by atoms with Crippen LogP contribution >= 0.6 is 22.9 Å². The van der Waals surface area contributed by atoms with Gasteiger partial charge in [0.25, 0.3) is 5.56 Å². The normalized spacial score (nSPS) is 13.4. The second-order valence-corrected chi connectivity index (χ2v) is 6.98. The smallest absolute Gasteiger partial charge is 0.292 e. The number of hydrogen-bond donors (Lipinski definition) is 2. The Morgan fingerprint density at radius 2 is 2.15 bits per heavy atom. The summed E-state index contributed by atoms with van der Waals surface area (Å²) in [4.78, 5) is 12.4. The molecule has 0 saturated carbocycles. The third-order valence-corrected chi connectivity index (χ3v) is 4.87. The first-order chi connectivity index (χ1) is 12.3. The Bertz CT molecular complexity index is 990. The third kappa shape index (κ3) is 3.62. The largest absolute Gasteiger partial charge is 0.384 e. The Labute approximate surface area is 156 Å². The first-order valence-corrected chi connectivity index (χ1v) is 8.84. The highest BCUT2D eigenvalue weighted by Crippen LogP contribution is 2.25. The van der Waals surface area contributed by atoms with Gasteiger partial charge in [-0.1, -0.05) is 11.6 Å². The number of halogens is 3. The maximum Gasteiger partial charge on any atom is 0.292 e. The zero-order valence-corrected chi connectivity index (χ0v) is 15.1. The molecule has 1 aromatic carbocycles. The van der Waals surface area contributed by atoms with Crippen molar-refractivity contribution in [2.45, 2.75) is 12.5 Å². The van der Waals surface area contributed by atoms with E-state index in [4.69, 9.17) is 11.6 Å². The lowest BCUT2D eigenvalue weighted by molar-refractivity contribution is 0.0720. The minimum absolute atomic E-state index is 0.0828. The number of aliphatic hydroxyl groups is 1. The summed E-state index contributed by atoms with van der Waals surface area (Å²) in [6, 6.07) is 4.57. The average molecular weight is 398 g/mol. The molecule has 9 heteroatoms. The third-order valence-electron chi connectivity index (χ3n) is 3.82. The first-order valence-electron chi connectivity index (χ1n) is 7.52. The number of benzene rings is 1. The maximum absolute atomic E-state index is 13.9. The van der Waals surface area contributed by atoms with Crippen molar-refractivity contribution in [3.8, 4) is 5.69 Å². The van der Waals surface area contributed by atoms with Crippen molar-refractivity contribution in [2.24, 2.45) is 0 Å². The Hall–Kier alpha value is -2.29. The molecule has 5 nitrogen and oxygen atoms in total. The molecule has 136 valence electrons. The van der Waals surface area contributed by atoms with Gasteiger partial charge in [-0.05, 0) is 41.4 Å². The molecule has 2 heterocycles. The maximum atomic E-state index is 13.9. The van der Waals surface area contributed by atoms with Crippen LogP contribution < -0.4 is 10.9 Å². The van der Waals surface area contributed by atoms with Crippen LogP contribution in [0.4, 0.5) is 14.5 Å². The number of nitrogens with one attached hydrogen (secondary N) is 1. The summed E-state index contributed by atoms with van der Waals surface area (Å²) in [5, 5.41) is 20.7. The molecule has 0 aliphatic carbocycles. The van der Waals surface area contributed by atoms with Crippen LogP contribution in [-0.4, -0.2) is 21.4 Å². The van der Waals surface area contributed by atoms with Crippen LogP contribution in [0.2, 0.25) is 5.02 Å². The van der Waals surface area contributed by atoms with Crippen LogP contribution in [0.25, 0.3) is 5.69 Å². The van der Waals surface area contributed by atoms with E-state index in [1.807, 2.05) is 10.8 Å². The fourth-order valence-corrected chi connectivity index (χ4v) is 3.30. The molecule has 0 aliphatic heterocycles. The van der Waals surface area contributed by atoms with Crippen molar-refractivity contribution in [1.29, 1.82) is 0 Å². The second-order valence-electron chi connectivity index (χ2n) is 5.82. The number of nitrogens with zero attached hydrogens (tertiary/aromatic N) is 2. The van der Waals surface area contributed by atoms with Gasteiger partial charge in [0.15, 0.2) is 5.82 Å². The zero-order valence-electron chi connectivity index (χ0n) is 13.5. The summed E-state index contributed by atoms with van der Waals surface area (Å²) < 4.78 is 27.7. The van der Waals surface area contributed by atoms with Crippen LogP contribution in [0.5, 0.6) is 0 Å². The minimum atomic E-state index is -1.18. The molecule has 26 heavy (non-hydrogen) atoms. The molecule has 0 aliphatic rings. The molecule has 3 rings (SSSR count). The second kappa shape index (κ2) is 7.14. The highest BCUT2D eigenvalue weighted by Gasteiger charge is 2.24. The Morgan fingerprint density at radius 3 is 2.81 bits per heavy atom. The van der Waals surface area contributed by atoms with Crippen LogP contribution in [-0.2, 0) is 5.60 Å². The molecule has 1 atom stereocenters. The molecule has 0 amide bonds. The van der Waals surface area contributed by atoms with E-state index in [0.717, 1.165) is 22.4 Å². The molecule has 2 aromatic heterocycles. The van der Waals surface area contributed by atoms with E-state index < -0.39 is 22.8 Å². The molecule has 0 saturated heterocycles. The Balaban J connectivity index is 1.87. The van der Waals surface area contributed by atoms with Gasteiger partial charge in [-0.2, -0.15) is 21.1 Å². The van der Waals surface area contributed by atoms with Crippen molar-refractivity contribution < 1.29 is 13.9 Å². The summed E-state index contributed by atoms with van der Waals surface area (Å²) in [6.07, 6.45) is 1.25. The van der Waals surface area contributed by atoms with E-state index >= 15 is 0 Å². The fraction of sp³-hybridized carbons (Fsp3) is 0.176. The molecule has 0 spiro atoms.